The maximum atomic E-state index is 9.56. The van der Waals surface area contributed by atoms with Crippen LogP contribution in [0.5, 0.6) is 0 Å². The number of nitrogens with one attached hydrogen (secondary N) is 1. The monoisotopic (exact) mass is 235 g/mol. The van der Waals surface area contributed by atoms with E-state index in [2.05, 4.69) is 12.2 Å². The third kappa shape index (κ3) is 29.3. The first kappa shape index (κ1) is 20.3. The van der Waals surface area contributed by atoms with Crippen LogP contribution in [0.3, 0.4) is 0 Å². The van der Waals surface area contributed by atoms with Crippen LogP contribution in [0.25, 0.3) is 0 Å². The van der Waals surface area contributed by atoms with Crippen molar-refractivity contribution in [1.82, 2.24) is 5.32 Å². The van der Waals surface area contributed by atoms with Gasteiger partial charge in [0.2, 0.25) is 0 Å². The summed E-state index contributed by atoms with van der Waals surface area (Å²) in [5, 5.41) is 3.10. The van der Waals surface area contributed by atoms with Gasteiger partial charge in [0, 0.05) is 0 Å². The second kappa shape index (κ2) is 13.9. The summed E-state index contributed by atoms with van der Waals surface area (Å²) in [5.41, 5.74) is 0. The molecule has 0 unspecified atom stereocenters. The van der Waals surface area contributed by atoms with Gasteiger partial charge in [0.15, 0.2) is 0 Å². The molecular weight excluding hydrogens is 213 g/mol. The van der Waals surface area contributed by atoms with Crippen molar-refractivity contribution in [2.24, 2.45) is 0 Å². The van der Waals surface area contributed by atoms with E-state index in [0.29, 0.717) is 0 Å². The Morgan fingerprint density at radius 3 is 1.86 bits per heavy atom. The Morgan fingerprint density at radius 1 is 1.21 bits per heavy atom. The van der Waals surface area contributed by atoms with Crippen LogP contribution < -0.4 is 5.32 Å². The Kier molecular flexibility index (Phi) is 20.1. The molecule has 4 nitrogen and oxygen atoms in total. The van der Waals surface area contributed by atoms with E-state index in [4.69, 9.17) is 4.55 Å². The zero-order valence-corrected chi connectivity index (χ0v) is 9.52. The van der Waals surface area contributed by atoms with Gasteiger partial charge in [0.05, 0.1) is 5.75 Å². The number of hydrogen-bond donors (Lipinski definition) is 2. The molecule has 0 aromatic rings. The van der Waals surface area contributed by atoms with Gasteiger partial charge in [-0.3, -0.25) is 4.55 Å². The summed E-state index contributed by atoms with van der Waals surface area (Å²) in [6.45, 7) is 4.76. The van der Waals surface area contributed by atoms with E-state index in [0.717, 1.165) is 0 Å². The summed E-state index contributed by atoms with van der Waals surface area (Å²) in [5.74, 6) is -0.201. The van der Waals surface area contributed by atoms with Crippen molar-refractivity contribution in [1.29, 1.82) is 0 Å². The van der Waals surface area contributed by atoms with Crippen molar-refractivity contribution >= 4 is 39.7 Å². The van der Waals surface area contributed by atoms with Crippen LogP contribution in [0.15, 0.2) is 0 Å². The van der Waals surface area contributed by atoms with E-state index in [1.165, 1.54) is 32.7 Å². The standard InChI is InChI=1S/C6H15N.C2H6O3S.Na.H/c1-3-4-5-6-7-2;1-2-6(3,4)5;;/h7H,3-6H2,1-2H3;2H2,1H3,(H,3,4,5);;. The molecule has 6 heteroatoms. The molecule has 0 aliphatic carbocycles. The summed E-state index contributed by atoms with van der Waals surface area (Å²) < 4.78 is 26.9. The summed E-state index contributed by atoms with van der Waals surface area (Å²) in [6.07, 6.45) is 4.01. The van der Waals surface area contributed by atoms with Gasteiger partial charge in [-0.1, -0.05) is 19.8 Å². The normalized spacial score (nSPS) is 9.71. The molecule has 0 bridgehead atoms. The second-order valence-electron chi connectivity index (χ2n) is 2.68. The molecule has 0 heterocycles. The molecule has 0 rings (SSSR count). The second-order valence-corrected chi connectivity index (χ2v) is 4.42. The molecule has 0 atom stereocenters. The molecule has 0 aliphatic heterocycles. The van der Waals surface area contributed by atoms with Gasteiger partial charge in [-0.05, 0) is 26.9 Å². The quantitative estimate of drug-likeness (QED) is 0.417. The fourth-order valence-corrected chi connectivity index (χ4v) is 0.552. The molecule has 2 N–H and O–H groups in total. The van der Waals surface area contributed by atoms with Crippen LogP contribution in [-0.2, 0) is 10.1 Å². The van der Waals surface area contributed by atoms with Gasteiger partial charge >= 0.3 is 29.6 Å². The van der Waals surface area contributed by atoms with Gasteiger partial charge < -0.3 is 5.32 Å². The topological polar surface area (TPSA) is 66.4 Å². The van der Waals surface area contributed by atoms with Crippen molar-refractivity contribution < 1.29 is 13.0 Å². The predicted octanol–water partition coefficient (Wildman–Crippen LogP) is 0.642. The average molecular weight is 235 g/mol. The number of unbranched alkanes of at least 4 members (excludes halogenated alkanes) is 2. The van der Waals surface area contributed by atoms with Gasteiger partial charge in [-0.15, -0.1) is 0 Å². The van der Waals surface area contributed by atoms with Crippen LogP contribution in [-0.4, -0.2) is 61.9 Å². The zero-order valence-electron chi connectivity index (χ0n) is 8.71. The molecule has 0 spiro atoms. The van der Waals surface area contributed by atoms with Crippen molar-refractivity contribution in [2.75, 3.05) is 19.3 Å². The molecular formula is C8H22NNaO3S. The average Bonchev–Trinajstić information content (AvgIpc) is 2.06. The fourth-order valence-electron chi connectivity index (χ4n) is 0.552. The Hall–Kier alpha value is 0.870. The molecule has 0 fully saturated rings. The SMILES string of the molecule is CCCCCNC.CCS(=O)(=O)O.[NaH]. The Bertz CT molecular complexity index is 179. The van der Waals surface area contributed by atoms with Crippen LogP contribution in [0.4, 0.5) is 0 Å². The molecule has 0 radical (unpaired) electrons. The zero-order chi connectivity index (χ0) is 10.7. The van der Waals surface area contributed by atoms with E-state index in [-0.39, 0.29) is 35.3 Å². The predicted molar refractivity (Wildman–Crippen MR) is 62.7 cm³/mol. The van der Waals surface area contributed by atoms with Crippen LogP contribution >= 0.6 is 0 Å². The van der Waals surface area contributed by atoms with Crippen molar-refractivity contribution in [3.05, 3.63) is 0 Å². The Labute approximate surface area is 110 Å². The summed E-state index contributed by atoms with van der Waals surface area (Å²) in [6, 6.07) is 0. The molecule has 84 valence electrons. The first-order chi connectivity index (χ1) is 5.97. The van der Waals surface area contributed by atoms with E-state index in [1.54, 1.807) is 0 Å². The molecule has 0 aromatic heterocycles. The Balaban J connectivity index is -0.000000163. The van der Waals surface area contributed by atoms with E-state index in [1.807, 2.05) is 7.05 Å². The molecule has 0 aromatic carbocycles. The maximum absolute atomic E-state index is 9.56. The van der Waals surface area contributed by atoms with E-state index >= 15 is 0 Å². The van der Waals surface area contributed by atoms with Crippen LogP contribution in [0, 0.1) is 0 Å². The first-order valence-electron chi connectivity index (χ1n) is 4.57. The minimum absolute atomic E-state index is 0. The fraction of sp³-hybridized carbons (Fsp3) is 1.00. The summed E-state index contributed by atoms with van der Waals surface area (Å²) >= 11 is 0. The third-order valence-corrected chi connectivity index (χ3v) is 2.12. The van der Waals surface area contributed by atoms with Gasteiger partial charge in [-0.25, -0.2) is 0 Å². The summed E-state index contributed by atoms with van der Waals surface area (Å²) in [4.78, 5) is 0. The van der Waals surface area contributed by atoms with Gasteiger partial charge in [0.1, 0.15) is 0 Å². The minimum atomic E-state index is -3.66. The van der Waals surface area contributed by atoms with Crippen molar-refractivity contribution in [2.45, 2.75) is 33.1 Å². The number of hydrogen-bond acceptors (Lipinski definition) is 3. The molecule has 0 saturated carbocycles. The summed E-state index contributed by atoms with van der Waals surface area (Å²) in [7, 11) is -1.67. The Morgan fingerprint density at radius 2 is 1.64 bits per heavy atom. The molecule has 0 amide bonds. The molecule has 14 heavy (non-hydrogen) atoms. The van der Waals surface area contributed by atoms with Crippen LogP contribution in [0.2, 0.25) is 0 Å². The first-order valence-corrected chi connectivity index (χ1v) is 6.18. The van der Waals surface area contributed by atoms with Crippen molar-refractivity contribution in [3.63, 3.8) is 0 Å². The third-order valence-electron chi connectivity index (χ3n) is 1.40. The number of rotatable bonds is 5. The molecule has 0 saturated heterocycles. The van der Waals surface area contributed by atoms with Gasteiger partial charge in [0.25, 0.3) is 10.1 Å². The molecule has 0 aliphatic rings. The van der Waals surface area contributed by atoms with E-state index in [9.17, 15) is 8.42 Å². The van der Waals surface area contributed by atoms with E-state index < -0.39 is 10.1 Å². The van der Waals surface area contributed by atoms with Gasteiger partial charge in [-0.2, -0.15) is 8.42 Å². The van der Waals surface area contributed by atoms with Crippen molar-refractivity contribution in [3.8, 4) is 0 Å². The van der Waals surface area contributed by atoms with Crippen LogP contribution in [0.1, 0.15) is 33.1 Å².